The molecular formula is C9H11BrN4O3. The third kappa shape index (κ3) is 3.99. The number of carbonyl (C=O) groups excluding carboxylic acids is 1. The SMILES string of the molecule is C=CCNC(=O)CCn1cc(Br)c([N+](=O)[O-])n1. The normalized spacial score (nSPS) is 9.94. The van der Waals surface area contributed by atoms with Gasteiger partial charge in [-0.3, -0.25) is 4.79 Å². The van der Waals surface area contributed by atoms with Crippen molar-refractivity contribution in [2.75, 3.05) is 6.54 Å². The Kier molecular flexibility index (Phi) is 4.83. The maximum Gasteiger partial charge on any atom is 0.404 e. The van der Waals surface area contributed by atoms with E-state index in [0.717, 1.165) is 0 Å². The molecule has 0 unspecified atom stereocenters. The summed E-state index contributed by atoms with van der Waals surface area (Å²) < 4.78 is 1.66. The number of nitrogens with one attached hydrogen (secondary N) is 1. The van der Waals surface area contributed by atoms with Crippen molar-refractivity contribution < 1.29 is 9.72 Å². The number of rotatable bonds is 6. The Bertz CT molecular complexity index is 443. The van der Waals surface area contributed by atoms with E-state index >= 15 is 0 Å². The van der Waals surface area contributed by atoms with Crippen LogP contribution in [0.2, 0.25) is 0 Å². The molecule has 0 radical (unpaired) electrons. The van der Waals surface area contributed by atoms with Crippen molar-refractivity contribution in [1.82, 2.24) is 15.1 Å². The lowest BCUT2D eigenvalue weighted by atomic mass is 10.4. The van der Waals surface area contributed by atoms with E-state index in [-0.39, 0.29) is 24.7 Å². The molecule has 7 nitrogen and oxygen atoms in total. The van der Waals surface area contributed by atoms with Gasteiger partial charge in [0.2, 0.25) is 5.91 Å². The topological polar surface area (TPSA) is 90.1 Å². The zero-order chi connectivity index (χ0) is 12.8. The molecule has 0 fully saturated rings. The summed E-state index contributed by atoms with van der Waals surface area (Å²) in [4.78, 5) is 21.2. The Morgan fingerprint density at radius 2 is 2.47 bits per heavy atom. The number of hydrogen-bond acceptors (Lipinski definition) is 4. The Balaban J connectivity index is 2.52. The molecule has 0 aromatic carbocycles. The van der Waals surface area contributed by atoms with Crippen molar-refractivity contribution >= 4 is 27.7 Å². The highest BCUT2D eigenvalue weighted by Crippen LogP contribution is 2.21. The molecule has 1 N–H and O–H groups in total. The molecule has 0 aliphatic heterocycles. The summed E-state index contributed by atoms with van der Waals surface area (Å²) in [6.45, 7) is 4.16. The molecule has 0 spiro atoms. The number of hydrogen-bond donors (Lipinski definition) is 1. The predicted molar refractivity (Wildman–Crippen MR) is 64.4 cm³/mol. The first-order chi connectivity index (χ1) is 8.04. The number of carbonyl (C=O) groups is 1. The quantitative estimate of drug-likeness (QED) is 0.486. The molecule has 1 aromatic heterocycles. The molecule has 0 saturated heterocycles. The van der Waals surface area contributed by atoms with Gasteiger partial charge >= 0.3 is 5.82 Å². The molecular weight excluding hydrogens is 292 g/mol. The van der Waals surface area contributed by atoms with Gasteiger partial charge in [-0.15, -0.1) is 6.58 Å². The van der Waals surface area contributed by atoms with Crippen LogP contribution in [0.25, 0.3) is 0 Å². The van der Waals surface area contributed by atoms with Gasteiger partial charge in [0.1, 0.15) is 4.47 Å². The van der Waals surface area contributed by atoms with Crippen LogP contribution < -0.4 is 5.32 Å². The fraction of sp³-hybridized carbons (Fsp3) is 0.333. The van der Waals surface area contributed by atoms with Gasteiger partial charge in [-0.05, 0) is 20.9 Å². The average molecular weight is 303 g/mol. The second kappa shape index (κ2) is 6.14. The van der Waals surface area contributed by atoms with Crippen molar-refractivity contribution in [3.63, 3.8) is 0 Å². The Morgan fingerprint density at radius 1 is 1.76 bits per heavy atom. The summed E-state index contributed by atoms with van der Waals surface area (Å²) >= 11 is 3.03. The second-order valence-corrected chi connectivity index (χ2v) is 4.02. The average Bonchev–Trinajstić information content (AvgIpc) is 2.65. The van der Waals surface area contributed by atoms with Crippen LogP contribution in [0.1, 0.15) is 6.42 Å². The Labute approximate surface area is 106 Å². The van der Waals surface area contributed by atoms with Crippen molar-refractivity contribution in [2.24, 2.45) is 0 Å². The number of aromatic nitrogens is 2. The lowest BCUT2D eigenvalue weighted by molar-refractivity contribution is -0.390. The molecule has 0 atom stereocenters. The van der Waals surface area contributed by atoms with Crippen molar-refractivity contribution in [3.05, 3.63) is 33.4 Å². The summed E-state index contributed by atoms with van der Waals surface area (Å²) in [7, 11) is 0. The smallest absolute Gasteiger partial charge is 0.358 e. The molecule has 0 saturated carbocycles. The van der Waals surface area contributed by atoms with Crippen LogP contribution in [0.4, 0.5) is 5.82 Å². The first-order valence-electron chi connectivity index (χ1n) is 4.79. The van der Waals surface area contributed by atoms with Crippen LogP contribution in [0, 0.1) is 10.1 Å². The molecule has 1 aromatic rings. The van der Waals surface area contributed by atoms with Gasteiger partial charge < -0.3 is 15.4 Å². The van der Waals surface area contributed by atoms with E-state index in [0.29, 0.717) is 11.0 Å². The number of nitrogens with zero attached hydrogens (tertiary/aromatic N) is 3. The van der Waals surface area contributed by atoms with E-state index in [9.17, 15) is 14.9 Å². The summed E-state index contributed by atoms with van der Waals surface area (Å²) in [6, 6.07) is 0. The van der Waals surface area contributed by atoms with Gasteiger partial charge in [0.05, 0.1) is 17.8 Å². The molecule has 17 heavy (non-hydrogen) atoms. The molecule has 1 heterocycles. The number of aryl methyl sites for hydroxylation is 1. The van der Waals surface area contributed by atoms with Crippen LogP contribution in [-0.2, 0) is 11.3 Å². The number of halogens is 1. The van der Waals surface area contributed by atoms with Crippen molar-refractivity contribution in [1.29, 1.82) is 0 Å². The first-order valence-corrected chi connectivity index (χ1v) is 5.59. The maximum absolute atomic E-state index is 11.3. The van der Waals surface area contributed by atoms with Crippen LogP contribution in [0.5, 0.6) is 0 Å². The monoisotopic (exact) mass is 302 g/mol. The summed E-state index contributed by atoms with van der Waals surface area (Å²) in [6.07, 6.45) is 3.26. The molecule has 0 aliphatic carbocycles. The number of nitro groups is 1. The zero-order valence-corrected chi connectivity index (χ0v) is 10.5. The lowest BCUT2D eigenvalue weighted by Crippen LogP contribution is -2.24. The summed E-state index contributed by atoms with van der Waals surface area (Å²) in [5, 5.41) is 16.9. The third-order valence-electron chi connectivity index (χ3n) is 1.88. The van der Waals surface area contributed by atoms with Gasteiger partial charge in [-0.1, -0.05) is 6.08 Å². The molecule has 92 valence electrons. The molecule has 0 aliphatic rings. The second-order valence-electron chi connectivity index (χ2n) is 3.16. The minimum absolute atomic E-state index is 0.154. The van der Waals surface area contributed by atoms with Crippen LogP contribution >= 0.6 is 15.9 Å². The first kappa shape index (κ1) is 13.4. The van der Waals surface area contributed by atoms with E-state index in [2.05, 4.69) is 32.9 Å². The third-order valence-corrected chi connectivity index (χ3v) is 2.44. The maximum atomic E-state index is 11.3. The van der Waals surface area contributed by atoms with E-state index in [1.807, 2.05) is 0 Å². The highest BCUT2D eigenvalue weighted by Gasteiger charge is 2.18. The molecule has 0 bridgehead atoms. The van der Waals surface area contributed by atoms with E-state index in [1.54, 1.807) is 6.08 Å². The Morgan fingerprint density at radius 3 is 3.00 bits per heavy atom. The van der Waals surface area contributed by atoms with Crippen LogP contribution in [-0.4, -0.2) is 27.2 Å². The van der Waals surface area contributed by atoms with Crippen LogP contribution in [0.15, 0.2) is 23.3 Å². The zero-order valence-electron chi connectivity index (χ0n) is 8.93. The minimum Gasteiger partial charge on any atom is -0.358 e. The summed E-state index contributed by atoms with van der Waals surface area (Å²) in [5.41, 5.74) is 0. The van der Waals surface area contributed by atoms with E-state index in [1.165, 1.54) is 10.9 Å². The minimum atomic E-state index is -0.585. The van der Waals surface area contributed by atoms with E-state index in [4.69, 9.17) is 0 Å². The van der Waals surface area contributed by atoms with Gasteiger partial charge in [0.15, 0.2) is 0 Å². The lowest BCUT2D eigenvalue weighted by Gasteiger charge is -1.99. The van der Waals surface area contributed by atoms with Gasteiger partial charge in [0, 0.05) is 13.0 Å². The molecule has 8 heteroatoms. The molecule has 1 amide bonds. The van der Waals surface area contributed by atoms with Gasteiger partial charge in [0.25, 0.3) is 0 Å². The fourth-order valence-corrected chi connectivity index (χ4v) is 1.58. The highest BCUT2D eigenvalue weighted by atomic mass is 79.9. The number of amides is 1. The molecule has 1 rings (SSSR count). The Hall–Kier alpha value is -1.70. The van der Waals surface area contributed by atoms with Gasteiger partial charge in [-0.2, -0.15) is 4.68 Å². The highest BCUT2D eigenvalue weighted by molar-refractivity contribution is 9.10. The largest absolute Gasteiger partial charge is 0.404 e. The standard InChI is InChI=1S/C9H11BrN4O3/c1-2-4-11-8(15)3-5-13-6-7(10)9(12-13)14(16)17/h2,6H,1,3-5H2,(H,11,15). The fourth-order valence-electron chi connectivity index (χ4n) is 1.12. The van der Waals surface area contributed by atoms with E-state index < -0.39 is 4.92 Å². The van der Waals surface area contributed by atoms with Crippen molar-refractivity contribution in [2.45, 2.75) is 13.0 Å². The van der Waals surface area contributed by atoms with Crippen LogP contribution in [0.3, 0.4) is 0 Å². The van der Waals surface area contributed by atoms with Gasteiger partial charge in [-0.25, -0.2) is 0 Å². The summed E-state index contributed by atoms with van der Waals surface area (Å²) in [5.74, 6) is -0.407. The predicted octanol–water partition coefficient (Wildman–Crippen LogP) is 1.25. The van der Waals surface area contributed by atoms with Crippen molar-refractivity contribution in [3.8, 4) is 0 Å².